The van der Waals surface area contributed by atoms with Crippen LogP contribution in [-0.4, -0.2) is 74.6 Å². The predicted molar refractivity (Wildman–Crippen MR) is 135 cm³/mol. The number of hydrogen-bond acceptors (Lipinski definition) is 6. The second-order valence-corrected chi connectivity index (χ2v) is 9.85. The fourth-order valence-corrected chi connectivity index (χ4v) is 5.58. The Morgan fingerprint density at radius 2 is 1.79 bits per heavy atom. The predicted octanol–water partition coefficient (Wildman–Crippen LogP) is 3.36. The van der Waals surface area contributed by atoms with Gasteiger partial charge in [-0.1, -0.05) is 35.3 Å². The largest absolute Gasteiger partial charge is 0.477 e. The lowest BCUT2D eigenvalue weighted by molar-refractivity contribution is -0.124. The van der Waals surface area contributed by atoms with Gasteiger partial charge in [0.05, 0.1) is 23.9 Å². The number of carboxylic acid groups (broad SMARTS) is 1. The molecule has 3 aromatic rings. The first-order chi connectivity index (χ1) is 18.1. The van der Waals surface area contributed by atoms with Crippen LogP contribution in [0.25, 0.3) is 0 Å². The van der Waals surface area contributed by atoms with E-state index in [9.17, 15) is 29.5 Å². The summed E-state index contributed by atoms with van der Waals surface area (Å²) in [6.45, 7) is -0.162. The minimum Gasteiger partial charge on any atom is -0.477 e. The van der Waals surface area contributed by atoms with Crippen molar-refractivity contribution in [3.8, 4) is 6.07 Å². The molecule has 0 radical (unpaired) electrons. The van der Waals surface area contributed by atoms with Crippen molar-refractivity contribution >= 4 is 52.7 Å². The Kier molecular flexibility index (Phi) is 6.09. The molecule has 2 atom stereocenters. The van der Waals surface area contributed by atoms with Gasteiger partial charge in [-0.05, 0) is 35.9 Å². The van der Waals surface area contributed by atoms with E-state index in [4.69, 9.17) is 23.2 Å². The number of nitriles is 1. The lowest BCUT2D eigenvalue weighted by Gasteiger charge is -2.33. The Hall–Kier alpha value is -4.40. The Balaban J connectivity index is 1.60. The molecular formula is C25H18Cl2N6O5. The summed E-state index contributed by atoms with van der Waals surface area (Å²) in [6, 6.07) is 13.4. The Labute approximate surface area is 225 Å². The highest BCUT2D eigenvalue weighted by molar-refractivity contribution is 6.36. The summed E-state index contributed by atoms with van der Waals surface area (Å²) in [4.78, 5) is 56.0. The van der Waals surface area contributed by atoms with E-state index in [0.29, 0.717) is 11.1 Å². The molecule has 2 fully saturated rings. The minimum atomic E-state index is -1.51. The van der Waals surface area contributed by atoms with Crippen LogP contribution in [0.2, 0.25) is 10.0 Å². The molecule has 5 rings (SSSR count). The zero-order valence-corrected chi connectivity index (χ0v) is 21.2. The summed E-state index contributed by atoms with van der Waals surface area (Å²) in [7, 11) is 1.48. The molecule has 3 heterocycles. The van der Waals surface area contributed by atoms with Gasteiger partial charge in [0.1, 0.15) is 11.2 Å². The van der Waals surface area contributed by atoms with Crippen LogP contribution in [0, 0.1) is 11.3 Å². The first kappa shape index (κ1) is 25.3. The van der Waals surface area contributed by atoms with E-state index in [1.54, 1.807) is 24.3 Å². The van der Waals surface area contributed by atoms with Crippen molar-refractivity contribution in [3.63, 3.8) is 0 Å². The normalized spacial score (nSPS) is 20.9. The van der Waals surface area contributed by atoms with Gasteiger partial charge in [0, 0.05) is 35.6 Å². The van der Waals surface area contributed by atoms with Crippen molar-refractivity contribution in [1.29, 1.82) is 5.26 Å². The number of imide groups is 1. The number of halogens is 2. The maximum absolute atomic E-state index is 14.2. The lowest BCUT2D eigenvalue weighted by Crippen LogP contribution is -2.54. The second-order valence-electron chi connectivity index (χ2n) is 8.98. The average Bonchev–Trinajstić information content (AvgIpc) is 3.58. The zero-order valence-electron chi connectivity index (χ0n) is 19.7. The molecule has 2 saturated heterocycles. The summed E-state index contributed by atoms with van der Waals surface area (Å²) in [5, 5.41) is 25.0. The Morgan fingerprint density at radius 1 is 1.13 bits per heavy atom. The van der Waals surface area contributed by atoms with Gasteiger partial charge in [-0.15, -0.1) is 0 Å². The summed E-state index contributed by atoms with van der Waals surface area (Å²) >= 11 is 12.3. The molecule has 0 saturated carbocycles. The van der Waals surface area contributed by atoms with E-state index in [-0.39, 0.29) is 40.2 Å². The maximum Gasteiger partial charge on any atom is 0.353 e. The highest BCUT2D eigenvalue weighted by Crippen LogP contribution is 2.47. The van der Waals surface area contributed by atoms with E-state index in [1.807, 2.05) is 6.07 Å². The zero-order chi connectivity index (χ0) is 27.4. The number of carboxylic acids is 1. The van der Waals surface area contributed by atoms with Crippen LogP contribution < -0.4 is 4.90 Å². The highest BCUT2D eigenvalue weighted by Gasteiger charge is 2.65. The lowest BCUT2D eigenvalue weighted by atomic mass is 9.80. The van der Waals surface area contributed by atoms with Gasteiger partial charge in [0.25, 0.3) is 11.8 Å². The molecule has 4 amide bonds. The minimum absolute atomic E-state index is 0.0213. The van der Waals surface area contributed by atoms with Crippen LogP contribution in [-0.2, 0) is 4.79 Å². The number of nitrogens with zero attached hydrogens (tertiary/aromatic N) is 5. The molecule has 2 aromatic carbocycles. The topological polar surface area (TPSA) is 151 Å². The third kappa shape index (κ3) is 3.86. The van der Waals surface area contributed by atoms with Crippen LogP contribution in [0.3, 0.4) is 0 Å². The number of carbonyl (C=O) groups excluding carboxylic acids is 3. The number of likely N-dealkylation sites (N-methyl/N-ethyl adjacent to an activating group) is 1. The first-order valence-corrected chi connectivity index (χ1v) is 12.0. The van der Waals surface area contributed by atoms with E-state index >= 15 is 0 Å². The number of H-pyrrole nitrogens is 1. The molecule has 0 bridgehead atoms. The molecule has 13 heteroatoms. The summed E-state index contributed by atoms with van der Waals surface area (Å²) < 4.78 is 0. The molecule has 11 nitrogen and oxygen atoms in total. The smallest absolute Gasteiger partial charge is 0.353 e. The van der Waals surface area contributed by atoms with Gasteiger partial charge < -0.3 is 14.9 Å². The molecule has 38 heavy (non-hydrogen) atoms. The maximum atomic E-state index is 14.2. The van der Waals surface area contributed by atoms with Gasteiger partial charge in [-0.25, -0.2) is 14.5 Å². The summed E-state index contributed by atoms with van der Waals surface area (Å²) in [5.74, 6) is -3.15. The monoisotopic (exact) mass is 552 g/mol. The Morgan fingerprint density at radius 3 is 2.37 bits per heavy atom. The third-order valence-corrected chi connectivity index (χ3v) is 7.36. The molecule has 192 valence electrons. The number of benzene rings is 2. The first-order valence-electron chi connectivity index (χ1n) is 11.2. The number of nitrogens with one attached hydrogen (secondary N) is 1. The van der Waals surface area contributed by atoms with Crippen molar-refractivity contribution in [1.82, 2.24) is 20.0 Å². The number of urea groups is 1. The number of hydrogen-bond donors (Lipinski definition) is 2. The Bertz CT molecular complexity index is 1530. The number of aromatic carboxylic acids is 1. The van der Waals surface area contributed by atoms with Crippen LogP contribution in [0.1, 0.15) is 38.0 Å². The quantitative estimate of drug-likeness (QED) is 0.471. The highest BCUT2D eigenvalue weighted by atomic mass is 35.5. The van der Waals surface area contributed by atoms with Crippen molar-refractivity contribution in [2.45, 2.75) is 11.5 Å². The van der Waals surface area contributed by atoms with E-state index < -0.39 is 35.3 Å². The number of likely N-dealkylation sites (tertiary alicyclic amines) is 1. The number of rotatable bonds is 4. The molecule has 2 aliphatic heterocycles. The van der Waals surface area contributed by atoms with Gasteiger partial charge in [0.15, 0.2) is 5.69 Å². The van der Waals surface area contributed by atoms with Crippen molar-refractivity contribution in [3.05, 3.63) is 81.1 Å². The van der Waals surface area contributed by atoms with Crippen LogP contribution >= 0.6 is 23.2 Å². The SMILES string of the molecule is CN1C(=O)N(c2cc(Cl)cc(Cl)c2)C(=O)C12CN(C(=O)c1cc(C(=O)O)[nH]n1)CC2c1ccc(C#N)cc1. The molecule has 1 aromatic heterocycles. The molecule has 1 spiro atoms. The standard InChI is InChI=1S/C25H18Cl2N6O5/c1-31-24(38)33(17-7-15(26)6-16(27)8-17)23(37)25(31)12-32(21(34)19-9-20(22(35)36)30-29-19)11-18(25)14-4-2-13(10-28)3-5-14/h2-9,18H,11-12H2,1H3,(H,29,30)(H,35,36). The van der Waals surface area contributed by atoms with Crippen LogP contribution in [0.15, 0.2) is 48.5 Å². The second kappa shape index (κ2) is 9.16. The number of anilines is 1. The number of aromatic nitrogens is 2. The number of carbonyl (C=O) groups is 4. The van der Waals surface area contributed by atoms with E-state index in [1.165, 1.54) is 35.0 Å². The van der Waals surface area contributed by atoms with Crippen molar-refractivity contribution < 1.29 is 24.3 Å². The van der Waals surface area contributed by atoms with E-state index in [0.717, 1.165) is 11.0 Å². The third-order valence-electron chi connectivity index (χ3n) is 6.92. The molecule has 2 unspecified atom stereocenters. The number of amides is 4. The molecule has 2 N–H and O–H groups in total. The van der Waals surface area contributed by atoms with Crippen LogP contribution in [0.5, 0.6) is 0 Å². The fraction of sp³-hybridized carbons (Fsp3) is 0.200. The summed E-state index contributed by atoms with van der Waals surface area (Å²) in [6.07, 6.45) is 0. The van der Waals surface area contributed by atoms with Gasteiger partial charge >= 0.3 is 12.0 Å². The summed E-state index contributed by atoms with van der Waals surface area (Å²) in [5.41, 5.74) is -0.699. The van der Waals surface area contributed by atoms with Gasteiger partial charge in [-0.3, -0.25) is 14.7 Å². The van der Waals surface area contributed by atoms with E-state index in [2.05, 4.69) is 10.2 Å². The number of aromatic amines is 1. The van der Waals surface area contributed by atoms with Gasteiger partial charge in [0.2, 0.25) is 0 Å². The fourth-order valence-electron chi connectivity index (χ4n) is 5.06. The van der Waals surface area contributed by atoms with Crippen molar-refractivity contribution in [2.75, 3.05) is 25.0 Å². The molecular weight excluding hydrogens is 535 g/mol. The van der Waals surface area contributed by atoms with Gasteiger partial charge in [-0.2, -0.15) is 10.4 Å². The molecule has 2 aliphatic rings. The van der Waals surface area contributed by atoms with Crippen molar-refractivity contribution in [2.24, 2.45) is 0 Å². The average molecular weight is 553 g/mol. The molecule has 0 aliphatic carbocycles. The van der Waals surface area contributed by atoms with Crippen LogP contribution in [0.4, 0.5) is 10.5 Å².